The first-order chi connectivity index (χ1) is 10.7. The normalized spacial score (nSPS) is 37.7. The van der Waals surface area contributed by atoms with Crippen LogP contribution in [-0.2, 0) is 9.59 Å². The number of carboxylic acid groups (broad SMARTS) is 1. The fourth-order valence-corrected chi connectivity index (χ4v) is 4.94. The van der Waals surface area contributed by atoms with E-state index >= 15 is 0 Å². The van der Waals surface area contributed by atoms with Crippen molar-refractivity contribution in [3.05, 3.63) is 23.3 Å². The molecule has 4 unspecified atom stereocenters. The second-order valence-corrected chi connectivity index (χ2v) is 8.05. The van der Waals surface area contributed by atoms with Crippen LogP contribution < -0.4 is 0 Å². The van der Waals surface area contributed by atoms with Crippen molar-refractivity contribution in [3.8, 4) is 0 Å². The lowest BCUT2D eigenvalue weighted by Crippen LogP contribution is -2.49. The van der Waals surface area contributed by atoms with E-state index in [0.29, 0.717) is 23.7 Å². The lowest BCUT2D eigenvalue weighted by molar-refractivity contribution is -0.136. The summed E-state index contributed by atoms with van der Waals surface area (Å²) < 4.78 is 0. The molecule has 2 aliphatic rings. The van der Waals surface area contributed by atoms with Crippen LogP contribution in [0.2, 0.25) is 0 Å². The Labute approximate surface area is 139 Å². The number of aliphatic carboxylic acids is 1. The Hall–Kier alpha value is -1.38. The van der Waals surface area contributed by atoms with E-state index in [1.54, 1.807) is 0 Å². The van der Waals surface area contributed by atoms with Crippen molar-refractivity contribution in [2.24, 2.45) is 22.7 Å². The molecule has 0 bridgehead atoms. The zero-order valence-electron chi connectivity index (χ0n) is 14.9. The summed E-state index contributed by atoms with van der Waals surface area (Å²) in [5.74, 6) is 0.240. The minimum atomic E-state index is -0.938. The van der Waals surface area contributed by atoms with Gasteiger partial charge in [-0.25, -0.2) is 0 Å². The molecule has 0 aromatic carbocycles. The molecule has 1 N–H and O–H groups in total. The fraction of sp³-hybridized carbons (Fsp3) is 0.700. The molecule has 0 amide bonds. The van der Waals surface area contributed by atoms with Crippen LogP contribution in [0.15, 0.2) is 23.3 Å². The van der Waals surface area contributed by atoms with Crippen LogP contribution in [-0.4, -0.2) is 17.4 Å². The Morgan fingerprint density at radius 3 is 2.70 bits per heavy atom. The molecular formula is C20H30O3. The number of carboxylic acids is 1. The molecule has 0 spiro atoms. The molecule has 3 heteroatoms. The van der Waals surface area contributed by atoms with Gasteiger partial charge in [-0.15, -0.1) is 0 Å². The highest BCUT2D eigenvalue weighted by Gasteiger charge is 2.52. The quantitative estimate of drug-likeness (QED) is 0.451. The van der Waals surface area contributed by atoms with Gasteiger partial charge in [0.05, 0.1) is 6.42 Å². The van der Waals surface area contributed by atoms with Crippen molar-refractivity contribution in [3.63, 3.8) is 0 Å². The molecular weight excluding hydrogens is 288 g/mol. The standard InChI is InChI=1S/C20H30O3/c1-14-6-5-7-17-19(14,3)10-8-15(2)20(17,4)11-9-16(13-21)12-18(22)23/h6,9,13,15,17H,5,7-8,10-12H2,1-4H3,(H,22,23). The number of fused-ring (bicyclic) bond motifs is 1. The summed E-state index contributed by atoms with van der Waals surface area (Å²) in [5.41, 5.74) is 2.29. The topological polar surface area (TPSA) is 54.4 Å². The van der Waals surface area contributed by atoms with Crippen molar-refractivity contribution in [2.45, 2.75) is 66.2 Å². The first-order valence-corrected chi connectivity index (χ1v) is 8.77. The molecule has 0 aromatic rings. The Morgan fingerprint density at radius 1 is 1.39 bits per heavy atom. The average molecular weight is 318 g/mol. The Balaban J connectivity index is 2.30. The van der Waals surface area contributed by atoms with Crippen LogP contribution in [0.1, 0.15) is 66.2 Å². The summed E-state index contributed by atoms with van der Waals surface area (Å²) in [6.07, 6.45) is 10.4. The highest BCUT2D eigenvalue weighted by molar-refractivity contribution is 5.83. The Morgan fingerprint density at radius 2 is 2.09 bits per heavy atom. The number of carbonyl (C=O) groups is 2. The van der Waals surface area contributed by atoms with Crippen molar-refractivity contribution >= 4 is 12.3 Å². The SMILES string of the molecule is CC1=CCCC2C1(C)CCC(C)C2(C)CC=C(C=O)CC(=O)O. The van der Waals surface area contributed by atoms with Crippen LogP contribution >= 0.6 is 0 Å². The smallest absolute Gasteiger partial charge is 0.307 e. The van der Waals surface area contributed by atoms with Gasteiger partial charge in [0.15, 0.2) is 0 Å². The predicted octanol–water partition coefficient (Wildman–Crippen LogP) is 4.78. The molecule has 2 aliphatic carbocycles. The van der Waals surface area contributed by atoms with E-state index in [1.165, 1.54) is 24.8 Å². The summed E-state index contributed by atoms with van der Waals surface area (Å²) in [6, 6.07) is 0. The second kappa shape index (κ2) is 6.62. The van der Waals surface area contributed by atoms with E-state index in [4.69, 9.17) is 5.11 Å². The number of hydrogen-bond donors (Lipinski definition) is 1. The molecule has 1 saturated carbocycles. The summed E-state index contributed by atoms with van der Waals surface area (Å²) in [7, 11) is 0. The zero-order chi connectivity index (χ0) is 17.3. The Bertz CT molecular complexity index is 545. The molecule has 23 heavy (non-hydrogen) atoms. The molecule has 3 nitrogen and oxygen atoms in total. The van der Waals surface area contributed by atoms with Gasteiger partial charge in [-0.2, -0.15) is 0 Å². The van der Waals surface area contributed by atoms with E-state index < -0.39 is 5.97 Å². The largest absolute Gasteiger partial charge is 0.481 e. The van der Waals surface area contributed by atoms with Gasteiger partial charge in [0.1, 0.15) is 6.29 Å². The molecule has 0 saturated heterocycles. The number of aldehydes is 1. The maximum atomic E-state index is 11.2. The van der Waals surface area contributed by atoms with Crippen LogP contribution in [0.3, 0.4) is 0 Å². The average Bonchev–Trinajstić information content (AvgIpc) is 2.50. The van der Waals surface area contributed by atoms with Crippen molar-refractivity contribution < 1.29 is 14.7 Å². The van der Waals surface area contributed by atoms with Gasteiger partial charge in [0.2, 0.25) is 0 Å². The maximum absolute atomic E-state index is 11.2. The third-order valence-corrected chi connectivity index (χ3v) is 6.91. The lowest BCUT2D eigenvalue weighted by Gasteiger charge is -2.57. The van der Waals surface area contributed by atoms with E-state index in [-0.39, 0.29) is 17.3 Å². The van der Waals surface area contributed by atoms with Crippen molar-refractivity contribution in [2.75, 3.05) is 0 Å². The summed E-state index contributed by atoms with van der Waals surface area (Å²) in [4.78, 5) is 22.0. The maximum Gasteiger partial charge on any atom is 0.307 e. The molecule has 0 aliphatic heterocycles. The monoisotopic (exact) mass is 318 g/mol. The van der Waals surface area contributed by atoms with Gasteiger partial charge < -0.3 is 5.11 Å². The van der Waals surface area contributed by atoms with Gasteiger partial charge in [-0.3, -0.25) is 9.59 Å². The van der Waals surface area contributed by atoms with E-state index in [0.717, 1.165) is 12.8 Å². The van der Waals surface area contributed by atoms with E-state index in [2.05, 4.69) is 33.8 Å². The van der Waals surface area contributed by atoms with Crippen LogP contribution in [0.5, 0.6) is 0 Å². The number of carbonyl (C=O) groups excluding carboxylic acids is 1. The van der Waals surface area contributed by atoms with Crippen molar-refractivity contribution in [1.29, 1.82) is 0 Å². The highest BCUT2D eigenvalue weighted by atomic mass is 16.4. The number of allylic oxidation sites excluding steroid dienone is 3. The molecule has 1 fully saturated rings. The van der Waals surface area contributed by atoms with Crippen molar-refractivity contribution in [1.82, 2.24) is 0 Å². The van der Waals surface area contributed by atoms with Gasteiger partial charge in [0.25, 0.3) is 0 Å². The second-order valence-electron chi connectivity index (χ2n) is 8.05. The molecule has 0 radical (unpaired) electrons. The molecule has 0 heterocycles. The molecule has 2 rings (SSSR count). The summed E-state index contributed by atoms with van der Waals surface area (Å²) in [5, 5.41) is 8.92. The Kier molecular flexibility index (Phi) is 5.17. The predicted molar refractivity (Wildman–Crippen MR) is 92.1 cm³/mol. The van der Waals surface area contributed by atoms with E-state index in [1.807, 2.05) is 6.08 Å². The first kappa shape index (κ1) is 18.0. The van der Waals surface area contributed by atoms with E-state index in [9.17, 15) is 9.59 Å². The van der Waals surface area contributed by atoms with Gasteiger partial charge in [-0.05, 0) is 67.3 Å². The zero-order valence-corrected chi connectivity index (χ0v) is 14.9. The number of hydrogen-bond acceptors (Lipinski definition) is 2. The number of rotatable bonds is 5. The van der Waals surface area contributed by atoms with Gasteiger partial charge in [0, 0.05) is 0 Å². The van der Waals surface area contributed by atoms with Gasteiger partial charge >= 0.3 is 5.97 Å². The highest BCUT2D eigenvalue weighted by Crippen LogP contribution is 2.61. The van der Waals surface area contributed by atoms with Crippen LogP contribution in [0.4, 0.5) is 0 Å². The molecule has 128 valence electrons. The summed E-state index contributed by atoms with van der Waals surface area (Å²) >= 11 is 0. The van der Waals surface area contributed by atoms with Gasteiger partial charge in [-0.1, -0.05) is 38.5 Å². The third-order valence-electron chi connectivity index (χ3n) is 6.91. The summed E-state index contributed by atoms with van der Waals surface area (Å²) in [6.45, 7) is 9.32. The van der Waals surface area contributed by atoms with Crippen LogP contribution in [0, 0.1) is 22.7 Å². The minimum absolute atomic E-state index is 0.120. The molecule has 4 atom stereocenters. The first-order valence-electron chi connectivity index (χ1n) is 8.77. The molecule has 0 aromatic heterocycles. The third kappa shape index (κ3) is 3.29. The lowest BCUT2D eigenvalue weighted by atomic mass is 9.47. The minimum Gasteiger partial charge on any atom is -0.481 e. The fourth-order valence-electron chi connectivity index (χ4n) is 4.94. The van der Waals surface area contributed by atoms with Crippen LogP contribution in [0.25, 0.3) is 0 Å².